The third-order valence-electron chi connectivity index (χ3n) is 4.39. The molecule has 0 unspecified atom stereocenters. The van der Waals surface area contributed by atoms with Crippen LogP contribution in [-0.4, -0.2) is 21.8 Å². The topological polar surface area (TPSA) is 70.4 Å². The van der Waals surface area contributed by atoms with E-state index in [0.717, 1.165) is 5.56 Å². The van der Waals surface area contributed by atoms with Gasteiger partial charge in [0.1, 0.15) is 17.0 Å². The van der Waals surface area contributed by atoms with Gasteiger partial charge >= 0.3 is 7.60 Å². The lowest BCUT2D eigenvalue weighted by Crippen LogP contribution is -2.21. The van der Waals surface area contributed by atoms with Crippen LogP contribution in [0, 0.1) is 5.82 Å². The molecule has 0 bridgehead atoms. The van der Waals surface area contributed by atoms with E-state index >= 15 is 0 Å². The largest absolute Gasteiger partial charge is 0.335 e. The third-order valence-corrected chi connectivity index (χ3v) is 6.62. The highest BCUT2D eigenvalue weighted by Crippen LogP contribution is 2.53. The minimum absolute atomic E-state index is 0.0297. The summed E-state index contributed by atoms with van der Waals surface area (Å²) in [4.78, 5) is 17.1. The molecule has 6 nitrogen and oxygen atoms in total. The number of fused-ring (bicyclic) bond motifs is 1. The molecule has 0 atom stereocenters. The highest BCUT2D eigenvalue weighted by Gasteiger charge is 2.28. The molecule has 1 heterocycles. The van der Waals surface area contributed by atoms with E-state index in [9.17, 15) is 13.8 Å². The van der Waals surface area contributed by atoms with Crippen LogP contribution in [0.3, 0.4) is 0 Å². The van der Waals surface area contributed by atoms with E-state index in [4.69, 9.17) is 9.05 Å². The van der Waals surface area contributed by atoms with E-state index < -0.39 is 19.0 Å². The third kappa shape index (κ3) is 4.86. The standard InChI is InChI=1S/C22H26FN2O4P/c1-14(2)28-30(27,29-15(3)4)13-16-9-11-17(12-10-16)21-24-19-8-6-7-18(23)20(19)22(26)25(21)5/h6-12,14-15H,13H2,1-5H3. The van der Waals surface area contributed by atoms with Crippen molar-refractivity contribution in [1.29, 1.82) is 0 Å². The van der Waals surface area contributed by atoms with Gasteiger partial charge in [-0.2, -0.15) is 0 Å². The second-order valence-corrected chi connectivity index (χ2v) is 9.67. The zero-order valence-electron chi connectivity index (χ0n) is 17.8. The molecule has 0 aliphatic rings. The van der Waals surface area contributed by atoms with Gasteiger partial charge in [-0.05, 0) is 45.4 Å². The summed E-state index contributed by atoms with van der Waals surface area (Å²) in [7, 11) is -1.75. The van der Waals surface area contributed by atoms with Crippen LogP contribution in [0.25, 0.3) is 22.3 Å². The van der Waals surface area contributed by atoms with Gasteiger partial charge in [0.25, 0.3) is 5.56 Å². The molecular weight excluding hydrogens is 406 g/mol. The zero-order valence-corrected chi connectivity index (χ0v) is 18.7. The lowest BCUT2D eigenvalue weighted by molar-refractivity contribution is 0.141. The number of hydrogen-bond acceptors (Lipinski definition) is 5. The van der Waals surface area contributed by atoms with Crippen molar-refractivity contribution < 1.29 is 18.0 Å². The smallest absolute Gasteiger partial charge is 0.306 e. The summed E-state index contributed by atoms with van der Waals surface area (Å²) in [5.41, 5.74) is 1.32. The Balaban J connectivity index is 1.95. The molecule has 0 radical (unpaired) electrons. The van der Waals surface area contributed by atoms with Gasteiger partial charge in [0.05, 0.1) is 23.9 Å². The quantitative estimate of drug-likeness (QED) is 0.475. The van der Waals surface area contributed by atoms with Gasteiger partial charge in [-0.15, -0.1) is 0 Å². The Kier molecular flexibility index (Phi) is 6.56. The first-order chi connectivity index (χ1) is 14.1. The second kappa shape index (κ2) is 8.80. The lowest BCUT2D eigenvalue weighted by atomic mass is 10.1. The molecule has 0 fully saturated rings. The number of aromatic nitrogens is 2. The lowest BCUT2D eigenvalue weighted by Gasteiger charge is -2.23. The van der Waals surface area contributed by atoms with Crippen LogP contribution < -0.4 is 5.56 Å². The molecule has 8 heteroatoms. The van der Waals surface area contributed by atoms with Crippen LogP contribution in [0.15, 0.2) is 47.3 Å². The van der Waals surface area contributed by atoms with Crippen LogP contribution in [0.1, 0.15) is 33.3 Å². The first kappa shape index (κ1) is 22.3. The highest BCUT2D eigenvalue weighted by atomic mass is 31.2. The van der Waals surface area contributed by atoms with E-state index in [1.165, 1.54) is 16.7 Å². The average Bonchev–Trinajstić information content (AvgIpc) is 2.63. The molecule has 30 heavy (non-hydrogen) atoms. The Morgan fingerprint density at radius 2 is 1.63 bits per heavy atom. The van der Waals surface area contributed by atoms with Crippen LogP contribution in [0.2, 0.25) is 0 Å². The van der Waals surface area contributed by atoms with Crippen molar-refractivity contribution in [1.82, 2.24) is 9.55 Å². The fourth-order valence-electron chi connectivity index (χ4n) is 3.25. The van der Waals surface area contributed by atoms with Crippen molar-refractivity contribution >= 4 is 18.5 Å². The first-order valence-electron chi connectivity index (χ1n) is 9.80. The van der Waals surface area contributed by atoms with Crippen LogP contribution in [0.4, 0.5) is 4.39 Å². The monoisotopic (exact) mass is 432 g/mol. The molecule has 0 N–H and O–H groups in total. The number of rotatable bonds is 7. The minimum Gasteiger partial charge on any atom is -0.306 e. The Hall–Kier alpha value is -2.34. The van der Waals surface area contributed by atoms with Crippen molar-refractivity contribution in [3.63, 3.8) is 0 Å². The van der Waals surface area contributed by atoms with Crippen LogP contribution in [0.5, 0.6) is 0 Å². The van der Waals surface area contributed by atoms with E-state index in [1.54, 1.807) is 37.4 Å². The average molecular weight is 432 g/mol. The summed E-state index contributed by atoms with van der Waals surface area (Å²) >= 11 is 0. The van der Waals surface area contributed by atoms with Crippen LogP contribution in [-0.2, 0) is 26.8 Å². The van der Waals surface area contributed by atoms with E-state index in [-0.39, 0.29) is 23.8 Å². The molecule has 160 valence electrons. The van der Waals surface area contributed by atoms with Gasteiger partial charge in [0, 0.05) is 12.6 Å². The predicted octanol–water partition coefficient (Wildman–Crippen LogP) is 5.28. The molecule has 3 rings (SSSR count). The summed E-state index contributed by atoms with van der Waals surface area (Å²) in [6.45, 7) is 7.25. The number of benzene rings is 2. The van der Waals surface area contributed by atoms with Crippen molar-refractivity contribution in [2.24, 2.45) is 7.05 Å². The van der Waals surface area contributed by atoms with Gasteiger partial charge in [0.2, 0.25) is 0 Å². The van der Waals surface area contributed by atoms with E-state index in [1.807, 2.05) is 27.7 Å². The molecule has 0 saturated carbocycles. The number of hydrogen-bond donors (Lipinski definition) is 0. The van der Waals surface area contributed by atoms with Crippen molar-refractivity contribution in [2.45, 2.75) is 46.1 Å². The van der Waals surface area contributed by atoms with Crippen molar-refractivity contribution in [3.8, 4) is 11.4 Å². The van der Waals surface area contributed by atoms with Gasteiger partial charge in [-0.25, -0.2) is 9.37 Å². The maximum absolute atomic E-state index is 14.0. The Morgan fingerprint density at radius 3 is 2.20 bits per heavy atom. The van der Waals surface area contributed by atoms with Crippen molar-refractivity contribution in [2.75, 3.05) is 0 Å². The molecule has 2 aromatic carbocycles. The van der Waals surface area contributed by atoms with E-state index in [2.05, 4.69) is 4.98 Å². The normalized spacial score (nSPS) is 12.3. The molecule has 0 aliphatic carbocycles. The Labute approximate surface area is 175 Å². The Bertz CT molecular complexity index is 1140. The SMILES string of the molecule is CC(C)OP(=O)(Cc1ccc(-c2nc3cccc(F)c3c(=O)n2C)cc1)OC(C)C. The van der Waals surface area contributed by atoms with Crippen LogP contribution >= 0.6 is 7.60 Å². The highest BCUT2D eigenvalue weighted by molar-refractivity contribution is 7.53. The predicted molar refractivity (Wildman–Crippen MR) is 116 cm³/mol. The maximum atomic E-state index is 14.0. The molecule has 1 aromatic heterocycles. The van der Waals surface area contributed by atoms with Gasteiger partial charge < -0.3 is 9.05 Å². The van der Waals surface area contributed by atoms with E-state index in [0.29, 0.717) is 16.9 Å². The maximum Gasteiger partial charge on any atom is 0.335 e. The number of nitrogens with zero attached hydrogens (tertiary/aromatic N) is 2. The minimum atomic E-state index is -3.31. The molecule has 0 aliphatic heterocycles. The molecule has 0 amide bonds. The summed E-state index contributed by atoms with van der Waals surface area (Å²) in [5.74, 6) is -0.168. The van der Waals surface area contributed by atoms with Crippen molar-refractivity contribution in [3.05, 3.63) is 64.2 Å². The molecule has 0 saturated heterocycles. The molecule has 3 aromatic rings. The summed E-state index contributed by atoms with van der Waals surface area (Å²) in [6, 6.07) is 11.6. The van der Waals surface area contributed by atoms with Gasteiger partial charge in [-0.3, -0.25) is 13.9 Å². The first-order valence-corrected chi connectivity index (χ1v) is 11.5. The molecule has 0 spiro atoms. The molecular formula is C22H26FN2O4P. The summed E-state index contributed by atoms with van der Waals surface area (Å²) in [6.07, 6.45) is -0.324. The fraction of sp³-hybridized carbons (Fsp3) is 0.364. The summed E-state index contributed by atoms with van der Waals surface area (Å²) in [5, 5.41) is -0.0297. The summed E-state index contributed by atoms with van der Waals surface area (Å²) < 4.78 is 39.7. The second-order valence-electron chi connectivity index (χ2n) is 7.71. The fourth-order valence-corrected chi connectivity index (χ4v) is 5.40. The Morgan fingerprint density at radius 1 is 1.03 bits per heavy atom. The number of halogens is 1. The van der Waals surface area contributed by atoms with Gasteiger partial charge in [0.15, 0.2) is 0 Å². The zero-order chi connectivity index (χ0) is 22.1. The van der Waals surface area contributed by atoms with Gasteiger partial charge in [-0.1, -0.05) is 30.3 Å².